The highest BCUT2D eigenvalue weighted by molar-refractivity contribution is 7.89. The van der Waals surface area contributed by atoms with Gasteiger partial charge >= 0.3 is 0 Å². The molecule has 0 saturated carbocycles. The van der Waals surface area contributed by atoms with Gasteiger partial charge in [-0.1, -0.05) is 6.07 Å². The summed E-state index contributed by atoms with van der Waals surface area (Å²) in [6.07, 6.45) is 2.87. The van der Waals surface area contributed by atoms with Crippen molar-refractivity contribution in [1.29, 1.82) is 0 Å². The minimum atomic E-state index is -3.12. The van der Waals surface area contributed by atoms with Crippen LogP contribution in [0, 0.1) is 5.92 Å². The van der Waals surface area contributed by atoms with Crippen LogP contribution in [0.4, 0.5) is 0 Å². The normalized spacial score (nSPS) is 21.0. The Morgan fingerprint density at radius 2 is 2.39 bits per heavy atom. The molecule has 1 aliphatic heterocycles. The molecule has 6 heteroatoms. The van der Waals surface area contributed by atoms with E-state index in [0.29, 0.717) is 6.54 Å². The van der Waals surface area contributed by atoms with Crippen LogP contribution in [0.2, 0.25) is 0 Å². The molecule has 18 heavy (non-hydrogen) atoms. The lowest BCUT2D eigenvalue weighted by Gasteiger charge is -2.22. The van der Waals surface area contributed by atoms with Crippen LogP contribution in [0.3, 0.4) is 0 Å². The van der Waals surface area contributed by atoms with Gasteiger partial charge in [0.15, 0.2) is 0 Å². The van der Waals surface area contributed by atoms with Crippen LogP contribution in [0.15, 0.2) is 17.5 Å². The van der Waals surface area contributed by atoms with Gasteiger partial charge in [-0.15, -0.1) is 11.3 Å². The zero-order valence-corrected chi connectivity index (χ0v) is 12.0. The Morgan fingerprint density at radius 1 is 1.50 bits per heavy atom. The first-order chi connectivity index (χ1) is 8.66. The molecule has 1 saturated heterocycles. The molecule has 1 aromatic heterocycles. The molecule has 0 aliphatic carbocycles. The van der Waals surface area contributed by atoms with Gasteiger partial charge in [-0.3, -0.25) is 0 Å². The third kappa shape index (κ3) is 4.68. The first-order valence-electron chi connectivity index (χ1n) is 6.36. The molecular formula is C12H20N2O2S2. The lowest BCUT2D eigenvalue weighted by molar-refractivity contribution is 0.403. The van der Waals surface area contributed by atoms with Crippen molar-refractivity contribution < 1.29 is 8.42 Å². The van der Waals surface area contributed by atoms with E-state index in [4.69, 9.17) is 0 Å². The van der Waals surface area contributed by atoms with Crippen molar-refractivity contribution in [2.24, 2.45) is 5.92 Å². The lowest BCUT2D eigenvalue weighted by Crippen LogP contribution is -2.38. The van der Waals surface area contributed by atoms with Gasteiger partial charge in [0.2, 0.25) is 10.0 Å². The summed E-state index contributed by atoms with van der Waals surface area (Å²) in [5.41, 5.74) is 0. The predicted octanol–water partition coefficient (Wildman–Crippen LogP) is 1.21. The van der Waals surface area contributed by atoms with E-state index in [1.54, 1.807) is 11.3 Å². The number of sulfonamides is 1. The van der Waals surface area contributed by atoms with Crippen molar-refractivity contribution in [3.63, 3.8) is 0 Å². The summed E-state index contributed by atoms with van der Waals surface area (Å²) >= 11 is 1.66. The third-order valence-corrected chi connectivity index (χ3v) is 5.62. The molecule has 0 aromatic carbocycles. The lowest BCUT2D eigenvalue weighted by atomic mass is 10.0. The number of hydrogen-bond donors (Lipinski definition) is 2. The number of thiophene rings is 1. The van der Waals surface area contributed by atoms with Gasteiger partial charge in [0.1, 0.15) is 0 Å². The van der Waals surface area contributed by atoms with E-state index < -0.39 is 10.0 Å². The molecule has 1 aromatic rings. The number of piperidine rings is 1. The summed E-state index contributed by atoms with van der Waals surface area (Å²) in [6, 6.07) is 4.02. The highest BCUT2D eigenvalue weighted by Crippen LogP contribution is 2.12. The molecule has 2 heterocycles. The first-order valence-corrected chi connectivity index (χ1v) is 8.89. The van der Waals surface area contributed by atoms with Crippen LogP contribution in [-0.2, 0) is 16.4 Å². The highest BCUT2D eigenvalue weighted by atomic mass is 32.2. The summed E-state index contributed by atoms with van der Waals surface area (Å²) in [7, 11) is -3.12. The zero-order chi connectivity index (χ0) is 12.8. The van der Waals surface area contributed by atoms with Crippen molar-refractivity contribution in [1.82, 2.24) is 10.0 Å². The number of hydrogen-bond acceptors (Lipinski definition) is 4. The summed E-state index contributed by atoms with van der Waals surface area (Å²) in [5, 5.41) is 5.26. The van der Waals surface area contributed by atoms with Crippen LogP contribution in [0.5, 0.6) is 0 Å². The fraction of sp³-hybridized carbons (Fsp3) is 0.667. The smallest absolute Gasteiger partial charge is 0.211 e. The topological polar surface area (TPSA) is 58.2 Å². The van der Waals surface area contributed by atoms with Crippen molar-refractivity contribution >= 4 is 21.4 Å². The summed E-state index contributed by atoms with van der Waals surface area (Å²) in [6.45, 7) is 2.34. The second-order valence-corrected chi connectivity index (χ2v) is 7.60. The maximum absolute atomic E-state index is 11.9. The van der Waals surface area contributed by atoms with Gasteiger partial charge in [-0.25, -0.2) is 13.1 Å². The molecule has 2 rings (SSSR count). The van der Waals surface area contributed by atoms with Gasteiger partial charge in [0.05, 0.1) is 5.75 Å². The monoisotopic (exact) mass is 288 g/mol. The third-order valence-electron chi connectivity index (χ3n) is 3.13. The van der Waals surface area contributed by atoms with Crippen LogP contribution in [-0.4, -0.2) is 33.8 Å². The molecular weight excluding hydrogens is 268 g/mol. The Kier molecular flexibility index (Phi) is 5.17. The fourth-order valence-corrected chi connectivity index (χ4v) is 4.37. The molecule has 1 atom stereocenters. The fourth-order valence-electron chi connectivity index (χ4n) is 2.22. The van der Waals surface area contributed by atoms with Crippen molar-refractivity contribution in [2.75, 3.05) is 25.4 Å². The van der Waals surface area contributed by atoms with Crippen LogP contribution >= 0.6 is 11.3 Å². The number of nitrogens with one attached hydrogen (secondary N) is 2. The summed E-state index contributed by atoms with van der Waals surface area (Å²) < 4.78 is 26.5. The molecule has 0 radical (unpaired) electrons. The van der Waals surface area contributed by atoms with Crippen molar-refractivity contribution in [2.45, 2.75) is 19.3 Å². The van der Waals surface area contributed by atoms with Gasteiger partial charge < -0.3 is 5.32 Å². The quantitative estimate of drug-likeness (QED) is 0.827. The standard InChI is InChI=1S/C12H20N2O2S2/c15-18(16,10-11-3-1-6-13-9-11)14-7-5-12-4-2-8-17-12/h2,4,8,11,13-14H,1,3,5-7,9-10H2. The van der Waals surface area contributed by atoms with Crippen LogP contribution < -0.4 is 10.0 Å². The predicted molar refractivity (Wildman–Crippen MR) is 75.4 cm³/mol. The van der Waals surface area contributed by atoms with Crippen LogP contribution in [0.25, 0.3) is 0 Å². The second kappa shape index (κ2) is 6.65. The van der Waals surface area contributed by atoms with E-state index in [1.165, 1.54) is 4.88 Å². The molecule has 2 N–H and O–H groups in total. The van der Waals surface area contributed by atoms with E-state index in [-0.39, 0.29) is 11.7 Å². The van der Waals surface area contributed by atoms with Gasteiger partial charge in [-0.05, 0) is 49.7 Å². The molecule has 0 bridgehead atoms. The maximum atomic E-state index is 11.9. The summed E-state index contributed by atoms with van der Waals surface area (Å²) in [4.78, 5) is 1.22. The van der Waals surface area contributed by atoms with Crippen molar-refractivity contribution in [3.8, 4) is 0 Å². The van der Waals surface area contributed by atoms with Gasteiger partial charge in [-0.2, -0.15) is 0 Å². The molecule has 0 amide bonds. The Labute approximate surface area is 113 Å². The van der Waals surface area contributed by atoms with Crippen molar-refractivity contribution in [3.05, 3.63) is 22.4 Å². The molecule has 1 unspecified atom stereocenters. The average molecular weight is 288 g/mol. The highest BCUT2D eigenvalue weighted by Gasteiger charge is 2.20. The molecule has 1 aliphatic rings. The molecule has 102 valence electrons. The van der Waals surface area contributed by atoms with Crippen LogP contribution in [0.1, 0.15) is 17.7 Å². The Morgan fingerprint density at radius 3 is 3.06 bits per heavy atom. The Balaban J connectivity index is 1.73. The van der Waals surface area contributed by atoms with E-state index in [0.717, 1.165) is 32.4 Å². The minimum absolute atomic E-state index is 0.254. The maximum Gasteiger partial charge on any atom is 0.211 e. The van der Waals surface area contributed by atoms with Gasteiger partial charge in [0, 0.05) is 11.4 Å². The van der Waals surface area contributed by atoms with Gasteiger partial charge in [0.25, 0.3) is 0 Å². The zero-order valence-electron chi connectivity index (χ0n) is 10.4. The average Bonchev–Trinajstić information content (AvgIpc) is 2.82. The molecule has 4 nitrogen and oxygen atoms in total. The van der Waals surface area contributed by atoms with E-state index >= 15 is 0 Å². The Hall–Kier alpha value is -0.430. The minimum Gasteiger partial charge on any atom is -0.316 e. The summed E-state index contributed by atoms with van der Waals surface area (Å²) in [5.74, 6) is 0.516. The first kappa shape index (κ1) is 14.0. The Bertz CT molecular complexity index is 437. The number of rotatable bonds is 6. The van der Waals surface area contributed by atoms with E-state index in [2.05, 4.69) is 10.0 Å². The van der Waals surface area contributed by atoms with E-state index in [9.17, 15) is 8.42 Å². The largest absolute Gasteiger partial charge is 0.316 e. The molecule has 0 spiro atoms. The SMILES string of the molecule is O=S(=O)(CC1CCCNC1)NCCc1cccs1. The second-order valence-electron chi connectivity index (χ2n) is 4.72. The molecule has 1 fully saturated rings. The van der Waals surface area contributed by atoms with E-state index in [1.807, 2.05) is 17.5 Å².